The van der Waals surface area contributed by atoms with Gasteiger partial charge < -0.3 is 9.84 Å². The number of anilines is 3. The SMILES string of the molecule is Cc1noc(NS(=O)(=O)c2ccc(NC(=O)c3cccc(S(=O)(=O)N(C)c4c(C)n(C)n(-c5ccccc5)c4=O)c3)cc2)c1C. The number of carbonyl (C=O) groups is 1. The van der Waals surface area contributed by atoms with Gasteiger partial charge in [0.2, 0.25) is 5.88 Å². The first-order valence-corrected chi connectivity index (χ1v) is 16.4. The monoisotopic (exact) mass is 650 g/mol. The molecule has 0 aliphatic rings. The van der Waals surface area contributed by atoms with Crippen LogP contribution in [0.25, 0.3) is 5.69 Å². The zero-order valence-corrected chi connectivity index (χ0v) is 26.6. The number of amides is 1. The van der Waals surface area contributed by atoms with Crippen LogP contribution in [0.2, 0.25) is 0 Å². The van der Waals surface area contributed by atoms with Crippen LogP contribution < -0.4 is 19.9 Å². The van der Waals surface area contributed by atoms with Gasteiger partial charge in [0.25, 0.3) is 31.5 Å². The van der Waals surface area contributed by atoms with Crippen molar-refractivity contribution in [3.63, 3.8) is 0 Å². The van der Waals surface area contributed by atoms with Gasteiger partial charge in [-0.2, -0.15) is 0 Å². The number of hydrogen-bond acceptors (Lipinski definition) is 8. The minimum Gasteiger partial charge on any atom is -0.337 e. The number of rotatable bonds is 9. The van der Waals surface area contributed by atoms with E-state index in [4.69, 9.17) is 4.52 Å². The van der Waals surface area contributed by atoms with E-state index in [2.05, 4.69) is 15.2 Å². The van der Waals surface area contributed by atoms with Crippen LogP contribution in [0.1, 0.15) is 27.3 Å². The molecule has 0 atom stereocenters. The number of aromatic nitrogens is 3. The fraction of sp³-hybridized carbons (Fsp3) is 0.167. The van der Waals surface area contributed by atoms with Crippen LogP contribution in [0.15, 0.2) is 98.0 Å². The van der Waals surface area contributed by atoms with E-state index < -0.39 is 31.5 Å². The van der Waals surface area contributed by atoms with Crippen molar-refractivity contribution < 1.29 is 26.2 Å². The van der Waals surface area contributed by atoms with Gasteiger partial charge in [-0.15, -0.1) is 0 Å². The maximum atomic E-state index is 13.7. The molecular formula is C30H30N6O7S2. The van der Waals surface area contributed by atoms with Crippen LogP contribution in [0.4, 0.5) is 17.3 Å². The molecule has 3 aromatic carbocycles. The zero-order valence-electron chi connectivity index (χ0n) is 25.0. The van der Waals surface area contributed by atoms with Gasteiger partial charge in [0.05, 0.1) is 26.9 Å². The Bertz CT molecular complexity index is 2190. The Balaban J connectivity index is 1.36. The molecule has 13 nitrogen and oxygen atoms in total. The molecular weight excluding hydrogens is 620 g/mol. The van der Waals surface area contributed by atoms with Gasteiger partial charge in [-0.05, 0) is 75.4 Å². The summed E-state index contributed by atoms with van der Waals surface area (Å²) in [5, 5.41) is 6.37. The van der Waals surface area contributed by atoms with E-state index in [1.165, 1.54) is 60.3 Å². The van der Waals surface area contributed by atoms with E-state index in [1.54, 1.807) is 56.8 Å². The number of aryl methyl sites for hydroxylation is 1. The maximum Gasteiger partial charge on any atom is 0.296 e. The molecule has 2 heterocycles. The Kier molecular flexibility index (Phi) is 8.16. The van der Waals surface area contributed by atoms with Crippen molar-refractivity contribution in [1.29, 1.82) is 0 Å². The van der Waals surface area contributed by atoms with Gasteiger partial charge in [0.15, 0.2) is 0 Å². The first kappa shape index (κ1) is 31.3. The van der Waals surface area contributed by atoms with Crippen molar-refractivity contribution in [3.8, 4) is 5.69 Å². The highest BCUT2D eigenvalue weighted by Gasteiger charge is 2.29. The van der Waals surface area contributed by atoms with Crippen molar-refractivity contribution in [2.45, 2.75) is 30.6 Å². The second kappa shape index (κ2) is 11.7. The largest absolute Gasteiger partial charge is 0.337 e. The minimum atomic E-state index is -4.26. The van der Waals surface area contributed by atoms with Gasteiger partial charge in [-0.25, -0.2) is 26.2 Å². The number of sulfonamides is 2. The third-order valence-electron chi connectivity index (χ3n) is 7.40. The fourth-order valence-electron chi connectivity index (χ4n) is 4.61. The Morgan fingerprint density at radius 2 is 1.56 bits per heavy atom. The molecule has 5 aromatic rings. The topological polar surface area (TPSA) is 166 Å². The van der Waals surface area contributed by atoms with Crippen LogP contribution in [0.3, 0.4) is 0 Å². The van der Waals surface area contributed by atoms with Crippen LogP contribution in [-0.4, -0.2) is 44.3 Å². The highest BCUT2D eigenvalue weighted by Crippen LogP contribution is 2.26. The number of benzene rings is 3. The molecule has 0 saturated carbocycles. The quantitative estimate of drug-likeness (QED) is 0.242. The molecule has 1 amide bonds. The molecule has 0 aliphatic heterocycles. The first-order chi connectivity index (χ1) is 21.2. The minimum absolute atomic E-state index is 0.00893. The first-order valence-electron chi connectivity index (χ1n) is 13.5. The summed E-state index contributed by atoms with van der Waals surface area (Å²) < 4.78 is 64.1. The van der Waals surface area contributed by atoms with Gasteiger partial charge in [0.1, 0.15) is 5.69 Å². The summed E-state index contributed by atoms with van der Waals surface area (Å²) in [6.45, 7) is 5.00. The Morgan fingerprint density at radius 1 is 0.889 bits per heavy atom. The lowest BCUT2D eigenvalue weighted by atomic mass is 10.2. The van der Waals surface area contributed by atoms with Crippen molar-refractivity contribution in [2.24, 2.45) is 7.05 Å². The molecule has 5 rings (SSSR count). The molecule has 0 spiro atoms. The maximum absolute atomic E-state index is 13.7. The summed E-state index contributed by atoms with van der Waals surface area (Å²) in [5.74, 6) is -0.617. The highest BCUT2D eigenvalue weighted by atomic mass is 32.2. The lowest BCUT2D eigenvalue weighted by Crippen LogP contribution is -2.32. The van der Waals surface area contributed by atoms with Crippen LogP contribution in [0, 0.1) is 20.8 Å². The number of carbonyl (C=O) groups excluding carboxylic acids is 1. The van der Waals surface area contributed by atoms with Crippen LogP contribution >= 0.6 is 0 Å². The molecule has 234 valence electrons. The van der Waals surface area contributed by atoms with Gasteiger partial charge in [-0.1, -0.05) is 29.4 Å². The average molecular weight is 651 g/mol. The summed E-state index contributed by atoms with van der Waals surface area (Å²) in [6.07, 6.45) is 0. The molecule has 2 N–H and O–H groups in total. The predicted octanol–water partition coefficient (Wildman–Crippen LogP) is 3.97. The van der Waals surface area contributed by atoms with Gasteiger partial charge >= 0.3 is 0 Å². The Labute approximate surface area is 259 Å². The summed E-state index contributed by atoms with van der Waals surface area (Å²) in [7, 11) is -5.30. The normalized spacial score (nSPS) is 11.8. The summed E-state index contributed by atoms with van der Waals surface area (Å²) in [5.41, 5.74) is 1.86. The summed E-state index contributed by atoms with van der Waals surface area (Å²) in [6, 6.07) is 19.6. The fourth-order valence-corrected chi connectivity index (χ4v) is 6.94. The van der Waals surface area contributed by atoms with Gasteiger partial charge in [-0.3, -0.25) is 18.6 Å². The van der Waals surface area contributed by atoms with E-state index in [0.29, 0.717) is 22.6 Å². The molecule has 0 unspecified atom stereocenters. The molecule has 0 radical (unpaired) electrons. The lowest BCUT2D eigenvalue weighted by molar-refractivity contribution is 0.102. The number of para-hydroxylation sites is 1. The highest BCUT2D eigenvalue weighted by molar-refractivity contribution is 7.93. The molecule has 0 bridgehead atoms. The van der Waals surface area contributed by atoms with E-state index in [1.807, 2.05) is 6.07 Å². The number of nitrogens with zero attached hydrogens (tertiary/aromatic N) is 4. The zero-order chi connectivity index (χ0) is 32.7. The van der Waals surface area contributed by atoms with Crippen molar-refractivity contribution >= 4 is 43.2 Å². The van der Waals surface area contributed by atoms with Crippen molar-refractivity contribution in [2.75, 3.05) is 21.4 Å². The molecule has 0 saturated heterocycles. The summed E-state index contributed by atoms with van der Waals surface area (Å²) >= 11 is 0. The van der Waals surface area contributed by atoms with Crippen molar-refractivity contribution in [3.05, 3.63) is 112 Å². The van der Waals surface area contributed by atoms with Crippen LogP contribution in [-0.2, 0) is 27.1 Å². The van der Waals surface area contributed by atoms with Crippen LogP contribution in [0.5, 0.6) is 0 Å². The molecule has 0 fully saturated rings. The molecule has 15 heteroatoms. The lowest BCUT2D eigenvalue weighted by Gasteiger charge is -2.18. The predicted molar refractivity (Wildman–Crippen MR) is 169 cm³/mol. The van der Waals surface area contributed by atoms with E-state index in [9.17, 15) is 26.4 Å². The van der Waals surface area contributed by atoms with E-state index in [0.717, 1.165) is 4.31 Å². The third-order valence-corrected chi connectivity index (χ3v) is 10.5. The van der Waals surface area contributed by atoms with Crippen molar-refractivity contribution in [1.82, 2.24) is 14.5 Å². The third kappa shape index (κ3) is 5.86. The van der Waals surface area contributed by atoms with E-state index >= 15 is 0 Å². The number of hydrogen-bond donors (Lipinski definition) is 2. The molecule has 0 aliphatic carbocycles. The standard InChI is InChI=1S/C30H30N6O7S2/c1-19-20(2)32-43-29(19)33-44(39,40)25-16-14-23(15-17-25)31-28(37)22-10-9-13-26(18-22)45(41,42)35(5)27-21(3)34(4)36(30(27)38)24-11-7-6-8-12-24/h6-18,33H,1-5H3,(H,31,37). The van der Waals surface area contributed by atoms with Gasteiger partial charge in [0, 0.05) is 30.9 Å². The smallest absolute Gasteiger partial charge is 0.296 e. The summed E-state index contributed by atoms with van der Waals surface area (Å²) in [4.78, 5) is 26.2. The molecule has 2 aromatic heterocycles. The Morgan fingerprint density at radius 3 is 2.18 bits per heavy atom. The van der Waals surface area contributed by atoms with E-state index in [-0.39, 0.29) is 32.6 Å². The Hall–Kier alpha value is -5.15. The molecule has 45 heavy (non-hydrogen) atoms. The second-order valence-corrected chi connectivity index (χ2v) is 13.9. The number of nitrogens with one attached hydrogen (secondary N) is 2. The second-order valence-electron chi connectivity index (χ2n) is 10.2. The average Bonchev–Trinajstić information content (AvgIpc) is 3.45.